The lowest BCUT2D eigenvalue weighted by molar-refractivity contribution is 0.0914. The van der Waals surface area contributed by atoms with Crippen LogP contribution in [0.15, 0.2) is 41.1 Å². The Labute approximate surface area is 91.7 Å². The molecule has 0 aliphatic rings. The van der Waals surface area contributed by atoms with Gasteiger partial charge < -0.3 is 14.9 Å². The maximum atomic E-state index is 11.5. The van der Waals surface area contributed by atoms with Crippen LogP contribution in [0.5, 0.6) is 5.75 Å². The molecule has 0 saturated heterocycles. The van der Waals surface area contributed by atoms with Crippen LogP contribution in [0, 0.1) is 0 Å². The first-order chi connectivity index (χ1) is 7.75. The number of aromatic nitrogens is 1. The van der Waals surface area contributed by atoms with Crippen LogP contribution in [0.4, 0.5) is 0 Å². The second kappa shape index (κ2) is 4.48. The first-order valence-electron chi connectivity index (χ1n) is 4.72. The summed E-state index contributed by atoms with van der Waals surface area (Å²) in [6.07, 6.45) is 1.41. The zero-order chi connectivity index (χ0) is 11.4. The van der Waals surface area contributed by atoms with Crippen molar-refractivity contribution in [3.05, 3.63) is 47.9 Å². The third-order valence-corrected chi connectivity index (χ3v) is 2.03. The summed E-state index contributed by atoms with van der Waals surface area (Å²) < 4.78 is 4.70. The minimum atomic E-state index is -0.333. The number of amides is 1. The second-order valence-electron chi connectivity index (χ2n) is 3.23. The number of phenols is 1. The van der Waals surface area contributed by atoms with Crippen LogP contribution in [0.25, 0.3) is 0 Å². The van der Waals surface area contributed by atoms with E-state index in [0.717, 1.165) is 5.56 Å². The van der Waals surface area contributed by atoms with Gasteiger partial charge in [-0.3, -0.25) is 4.79 Å². The number of aromatic hydroxyl groups is 1. The molecule has 0 spiro atoms. The van der Waals surface area contributed by atoms with Crippen molar-refractivity contribution in [3.8, 4) is 5.75 Å². The molecule has 16 heavy (non-hydrogen) atoms. The molecule has 0 fully saturated rings. The summed E-state index contributed by atoms with van der Waals surface area (Å²) in [5.74, 6) is 0.00686. The van der Waals surface area contributed by atoms with Crippen LogP contribution >= 0.6 is 0 Å². The van der Waals surface area contributed by atoms with Crippen molar-refractivity contribution in [2.24, 2.45) is 0 Å². The highest BCUT2D eigenvalue weighted by Crippen LogP contribution is 2.10. The topological polar surface area (TPSA) is 75.4 Å². The van der Waals surface area contributed by atoms with Gasteiger partial charge in [0.2, 0.25) is 5.76 Å². The summed E-state index contributed by atoms with van der Waals surface area (Å²) >= 11 is 0. The van der Waals surface area contributed by atoms with Crippen LogP contribution in [0.3, 0.4) is 0 Å². The van der Waals surface area contributed by atoms with E-state index in [0.29, 0.717) is 6.54 Å². The van der Waals surface area contributed by atoms with Crippen molar-refractivity contribution in [2.75, 3.05) is 0 Å². The summed E-state index contributed by atoms with van der Waals surface area (Å²) in [5.41, 5.74) is 0.813. The molecule has 0 aliphatic carbocycles. The van der Waals surface area contributed by atoms with Crippen molar-refractivity contribution < 1.29 is 14.4 Å². The molecular weight excluding hydrogens is 208 g/mol. The molecule has 82 valence electrons. The van der Waals surface area contributed by atoms with E-state index < -0.39 is 0 Å². The minimum Gasteiger partial charge on any atom is -0.508 e. The summed E-state index contributed by atoms with van der Waals surface area (Å²) in [5, 5.41) is 15.3. The van der Waals surface area contributed by atoms with Gasteiger partial charge in [-0.05, 0) is 17.7 Å². The molecule has 1 amide bonds. The highest BCUT2D eigenvalue weighted by atomic mass is 16.5. The Morgan fingerprint density at radius 3 is 3.00 bits per heavy atom. The molecule has 0 unspecified atom stereocenters. The molecule has 5 nitrogen and oxygen atoms in total. The summed E-state index contributed by atoms with van der Waals surface area (Å²) in [7, 11) is 0. The quantitative estimate of drug-likeness (QED) is 0.814. The Kier molecular flexibility index (Phi) is 2.86. The van der Waals surface area contributed by atoms with E-state index in [1.54, 1.807) is 24.3 Å². The lowest BCUT2D eigenvalue weighted by Gasteiger charge is -2.03. The molecule has 0 radical (unpaired) electrons. The first kappa shape index (κ1) is 10.2. The van der Waals surface area contributed by atoms with Crippen LogP contribution in [0.1, 0.15) is 16.1 Å². The zero-order valence-corrected chi connectivity index (χ0v) is 8.38. The lowest BCUT2D eigenvalue weighted by atomic mass is 10.2. The average Bonchev–Trinajstić information content (AvgIpc) is 2.79. The van der Waals surface area contributed by atoms with Crippen molar-refractivity contribution in [1.82, 2.24) is 10.5 Å². The van der Waals surface area contributed by atoms with E-state index in [2.05, 4.69) is 10.5 Å². The molecule has 1 aromatic carbocycles. The SMILES string of the molecule is O=C(NCc1cccc(O)c1)c1ccno1. The normalized spacial score (nSPS) is 10.0. The Hall–Kier alpha value is -2.30. The second-order valence-corrected chi connectivity index (χ2v) is 3.23. The molecule has 0 atom stereocenters. The predicted molar refractivity (Wildman–Crippen MR) is 55.8 cm³/mol. The predicted octanol–water partition coefficient (Wildman–Crippen LogP) is 1.31. The number of carbonyl (C=O) groups excluding carboxylic acids is 1. The maximum Gasteiger partial charge on any atom is 0.290 e. The van der Waals surface area contributed by atoms with Gasteiger partial charge in [-0.1, -0.05) is 17.3 Å². The molecule has 2 aromatic rings. The Bertz CT molecular complexity index is 480. The largest absolute Gasteiger partial charge is 0.508 e. The van der Waals surface area contributed by atoms with Crippen LogP contribution in [-0.2, 0) is 6.54 Å². The van der Waals surface area contributed by atoms with Crippen LogP contribution in [0.2, 0.25) is 0 Å². The molecule has 0 bridgehead atoms. The van der Waals surface area contributed by atoms with Crippen LogP contribution in [-0.4, -0.2) is 16.2 Å². The number of rotatable bonds is 3. The smallest absolute Gasteiger partial charge is 0.290 e. The standard InChI is InChI=1S/C11H10N2O3/c14-9-3-1-2-8(6-9)7-12-11(15)10-4-5-13-16-10/h1-6,14H,7H2,(H,12,15). The molecule has 0 aliphatic heterocycles. The third kappa shape index (κ3) is 2.38. The van der Waals surface area contributed by atoms with Gasteiger partial charge >= 0.3 is 0 Å². The van der Waals surface area contributed by atoms with Gasteiger partial charge in [0.1, 0.15) is 5.75 Å². The van der Waals surface area contributed by atoms with E-state index >= 15 is 0 Å². The summed E-state index contributed by atoms with van der Waals surface area (Å²) in [4.78, 5) is 11.5. The molecule has 2 N–H and O–H groups in total. The fraction of sp³-hybridized carbons (Fsp3) is 0.0909. The van der Waals surface area contributed by atoms with Crippen molar-refractivity contribution in [3.63, 3.8) is 0 Å². The van der Waals surface area contributed by atoms with Crippen molar-refractivity contribution >= 4 is 5.91 Å². The van der Waals surface area contributed by atoms with E-state index in [9.17, 15) is 9.90 Å². The molecule has 0 saturated carbocycles. The zero-order valence-electron chi connectivity index (χ0n) is 8.38. The average molecular weight is 218 g/mol. The first-order valence-corrected chi connectivity index (χ1v) is 4.72. The molecule has 1 aromatic heterocycles. The van der Waals surface area contributed by atoms with Gasteiger partial charge in [-0.15, -0.1) is 0 Å². The molecule has 2 rings (SSSR count). The summed E-state index contributed by atoms with van der Waals surface area (Å²) in [6, 6.07) is 8.16. The highest BCUT2D eigenvalue weighted by Gasteiger charge is 2.08. The lowest BCUT2D eigenvalue weighted by Crippen LogP contribution is -2.22. The third-order valence-electron chi connectivity index (χ3n) is 2.03. The summed E-state index contributed by atoms with van der Waals surface area (Å²) in [6.45, 7) is 0.327. The maximum absolute atomic E-state index is 11.5. The van der Waals surface area contributed by atoms with Crippen molar-refractivity contribution in [1.29, 1.82) is 0 Å². The number of hydrogen-bond donors (Lipinski definition) is 2. The number of nitrogens with zero attached hydrogens (tertiary/aromatic N) is 1. The van der Waals surface area contributed by atoms with E-state index in [4.69, 9.17) is 4.52 Å². The van der Waals surface area contributed by atoms with Gasteiger partial charge in [0.25, 0.3) is 5.91 Å². The number of nitrogens with one attached hydrogen (secondary N) is 1. The number of phenolic OH excluding ortho intramolecular Hbond substituents is 1. The van der Waals surface area contributed by atoms with Gasteiger partial charge in [0.05, 0.1) is 6.20 Å². The van der Waals surface area contributed by atoms with E-state index in [1.165, 1.54) is 12.3 Å². The fourth-order valence-corrected chi connectivity index (χ4v) is 1.27. The fourth-order valence-electron chi connectivity index (χ4n) is 1.27. The van der Waals surface area contributed by atoms with Gasteiger partial charge in [-0.2, -0.15) is 0 Å². The number of carbonyl (C=O) groups is 1. The Morgan fingerprint density at radius 2 is 2.31 bits per heavy atom. The van der Waals surface area contributed by atoms with Crippen LogP contribution < -0.4 is 5.32 Å². The minimum absolute atomic E-state index is 0.167. The monoisotopic (exact) mass is 218 g/mol. The number of benzene rings is 1. The molecule has 5 heteroatoms. The number of hydrogen-bond acceptors (Lipinski definition) is 4. The molecule has 1 heterocycles. The Morgan fingerprint density at radius 1 is 1.44 bits per heavy atom. The van der Waals surface area contributed by atoms with Gasteiger partial charge in [-0.25, -0.2) is 0 Å². The Balaban J connectivity index is 1.95. The van der Waals surface area contributed by atoms with E-state index in [-0.39, 0.29) is 17.4 Å². The highest BCUT2D eigenvalue weighted by molar-refractivity contribution is 5.91. The van der Waals surface area contributed by atoms with E-state index in [1.807, 2.05) is 0 Å². The van der Waals surface area contributed by atoms with Gasteiger partial charge in [0, 0.05) is 12.6 Å². The molecular formula is C11H10N2O3. The van der Waals surface area contributed by atoms with Crippen molar-refractivity contribution in [2.45, 2.75) is 6.54 Å². The van der Waals surface area contributed by atoms with Gasteiger partial charge in [0.15, 0.2) is 0 Å².